The van der Waals surface area contributed by atoms with Crippen LogP contribution in [0.2, 0.25) is 0 Å². The van der Waals surface area contributed by atoms with Gasteiger partial charge in [0.2, 0.25) is 0 Å². The van der Waals surface area contributed by atoms with E-state index in [2.05, 4.69) is 20.6 Å². The number of benzene rings is 2. The van der Waals surface area contributed by atoms with E-state index >= 15 is 0 Å². The van der Waals surface area contributed by atoms with E-state index in [0.29, 0.717) is 35.9 Å². The van der Waals surface area contributed by atoms with Gasteiger partial charge in [-0.05, 0) is 45.5 Å². The quantitative estimate of drug-likeness (QED) is 0.339. The van der Waals surface area contributed by atoms with Crippen molar-refractivity contribution in [1.29, 1.82) is 0 Å². The van der Waals surface area contributed by atoms with Crippen molar-refractivity contribution in [1.82, 2.24) is 39.3 Å². The topological polar surface area (TPSA) is 116 Å². The zero-order valence-corrected chi connectivity index (χ0v) is 21.9. The molecule has 3 heterocycles. The van der Waals surface area contributed by atoms with Gasteiger partial charge in [-0.2, -0.15) is 0 Å². The van der Waals surface area contributed by atoms with Gasteiger partial charge in [0, 0.05) is 25.7 Å². The molecule has 0 aliphatic rings. The second-order valence-electron chi connectivity index (χ2n) is 9.68. The normalized spacial score (nSPS) is 11.8. The summed E-state index contributed by atoms with van der Waals surface area (Å²) in [7, 11) is 1.52. The summed E-state index contributed by atoms with van der Waals surface area (Å²) in [5.74, 6) is 1.47. The Morgan fingerprint density at radius 3 is 2.39 bits per heavy atom. The maximum absolute atomic E-state index is 13.3. The molecule has 3 aromatic heterocycles. The van der Waals surface area contributed by atoms with Crippen molar-refractivity contribution in [3.63, 3.8) is 0 Å². The van der Waals surface area contributed by atoms with Crippen molar-refractivity contribution in [2.75, 3.05) is 0 Å². The van der Waals surface area contributed by atoms with Crippen LogP contribution in [0.25, 0.3) is 39.8 Å². The van der Waals surface area contributed by atoms with Crippen LogP contribution in [-0.4, -0.2) is 39.3 Å². The fourth-order valence-electron chi connectivity index (χ4n) is 4.60. The van der Waals surface area contributed by atoms with Crippen LogP contribution < -0.4 is 11.2 Å². The molecule has 5 rings (SSSR count). The smallest absolute Gasteiger partial charge is 0.314 e. The van der Waals surface area contributed by atoms with Crippen LogP contribution in [0, 0.1) is 5.92 Å². The van der Waals surface area contributed by atoms with Crippen molar-refractivity contribution >= 4 is 17.2 Å². The summed E-state index contributed by atoms with van der Waals surface area (Å²) in [6, 6.07) is 16.1. The summed E-state index contributed by atoms with van der Waals surface area (Å²) in [5.41, 5.74) is 4.08. The first-order chi connectivity index (χ1) is 18.4. The highest BCUT2D eigenvalue weighted by atomic mass is 16.2. The first-order valence-corrected chi connectivity index (χ1v) is 12.7. The Hall–Kier alpha value is -4.60. The summed E-state index contributed by atoms with van der Waals surface area (Å²) in [4.78, 5) is 31.1. The first-order valence-electron chi connectivity index (χ1n) is 12.7. The summed E-state index contributed by atoms with van der Waals surface area (Å²) in [6.45, 7) is 7.03. The molecule has 1 N–H and O–H groups in total. The number of imidazole rings is 1. The minimum Gasteiger partial charge on any atom is -0.314 e. The fourth-order valence-corrected chi connectivity index (χ4v) is 4.60. The van der Waals surface area contributed by atoms with Crippen molar-refractivity contribution in [2.24, 2.45) is 13.0 Å². The van der Waals surface area contributed by atoms with Gasteiger partial charge in [-0.15, -0.1) is 5.10 Å². The van der Waals surface area contributed by atoms with E-state index in [4.69, 9.17) is 4.98 Å². The molecule has 0 radical (unpaired) electrons. The molecule has 10 heteroatoms. The Balaban J connectivity index is 1.59. The predicted molar refractivity (Wildman–Crippen MR) is 148 cm³/mol. The second-order valence-corrected chi connectivity index (χ2v) is 9.68. The van der Waals surface area contributed by atoms with Gasteiger partial charge in [-0.3, -0.25) is 13.9 Å². The summed E-state index contributed by atoms with van der Waals surface area (Å²) >= 11 is 0. The monoisotopic (exact) mass is 510 g/mol. The number of hydrogen-bond acceptors (Lipinski definition) is 6. The molecule has 0 aliphatic heterocycles. The Kier molecular flexibility index (Phi) is 6.87. The van der Waals surface area contributed by atoms with Crippen molar-refractivity contribution in [3.05, 3.63) is 86.8 Å². The average molecular weight is 511 g/mol. The predicted octanol–water partition coefficient (Wildman–Crippen LogP) is 3.87. The molecule has 0 bridgehead atoms. The molecule has 10 nitrogen and oxygen atoms in total. The van der Waals surface area contributed by atoms with Crippen molar-refractivity contribution in [2.45, 2.75) is 40.3 Å². The third-order valence-electron chi connectivity index (χ3n) is 6.44. The molecule has 194 valence electrons. The van der Waals surface area contributed by atoms with Gasteiger partial charge in [0.1, 0.15) is 5.82 Å². The summed E-state index contributed by atoms with van der Waals surface area (Å²) in [5, 5.41) is 14.3. The van der Waals surface area contributed by atoms with Crippen LogP contribution in [0.5, 0.6) is 0 Å². The number of H-pyrrole nitrogens is 1. The van der Waals surface area contributed by atoms with Crippen molar-refractivity contribution < 1.29 is 0 Å². The largest absolute Gasteiger partial charge is 0.332 e. The summed E-state index contributed by atoms with van der Waals surface area (Å²) in [6.07, 6.45) is 4.75. The number of tetrazole rings is 1. The summed E-state index contributed by atoms with van der Waals surface area (Å²) < 4.78 is 4.69. The molecule has 0 saturated heterocycles. The zero-order valence-electron chi connectivity index (χ0n) is 21.9. The minimum atomic E-state index is -0.350. The zero-order chi connectivity index (χ0) is 26.8. The molecule has 0 saturated carbocycles. The van der Waals surface area contributed by atoms with Gasteiger partial charge >= 0.3 is 5.69 Å². The molecule has 2 aromatic carbocycles. The van der Waals surface area contributed by atoms with E-state index < -0.39 is 0 Å². The van der Waals surface area contributed by atoms with Crippen LogP contribution in [-0.2, 0) is 20.1 Å². The van der Waals surface area contributed by atoms with Gasteiger partial charge < -0.3 is 4.57 Å². The number of rotatable bonds is 8. The minimum absolute atomic E-state index is 0.219. The molecule has 0 atom stereocenters. The molecule has 38 heavy (non-hydrogen) atoms. The number of allylic oxidation sites excluding steroid dienone is 1. The Morgan fingerprint density at radius 1 is 1.00 bits per heavy atom. The Morgan fingerprint density at radius 2 is 1.74 bits per heavy atom. The molecule has 0 fully saturated rings. The van der Waals surface area contributed by atoms with Crippen LogP contribution in [0.3, 0.4) is 0 Å². The van der Waals surface area contributed by atoms with Gasteiger partial charge in [-0.1, -0.05) is 75.4 Å². The van der Waals surface area contributed by atoms with E-state index in [1.165, 1.54) is 11.6 Å². The molecule has 0 spiro atoms. The van der Waals surface area contributed by atoms with Crippen LogP contribution in [0.1, 0.15) is 38.6 Å². The van der Waals surface area contributed by atoms with Crippen LogP contribution in [0.4, 0.5) is 0 Å². The number of aromatic nitrogens is 8. The lowest BCUT2D eigenvalue weighted by Gasteiger charge is -2.12. The number of nitrogens with one attached hydrogen (secondary N) is 1. The van der Waals surface area contributed by atoms with Gasteiger partial charge in [0.15, 0.2) is 17.0 Å². The number of aromatic amines is 1. The van der Waals surface area contributed by atoms with E-state index in [1.54, 1.807) is 4.57 Å². The van der Waals surface area contributed by atoms with Crippen molar-refractivity contribution in [3.8, 4) is 22.5 Å². The lowest BCUT2D eigenvalue weighted by Crippen LogP contribution is -2.39. The maximum Gasteiger partial charge on any atom is 0.332 e. The molecule has 5 aromatic rings. The Bertz CT molecular complexity index is 1720. The number of nitrogens with zero attached hydrogens (tertiary/aromatic N) is 7. The Labute approximate surface area is 219 Å². The highest BCUT2D eigenvalue weighted by Gasteiger charge is 2.20. The van der Waals surface area contributed by atoms with Gasteiger partial charge in [0.25, 0.3) is 5.56 Å². The highest BCUT2D eigenvalue weighted by molar-refractivity contribution is 5.80. The lowest BCUT2D eigenvalue weighted by molar-refractivity contribution is 0.500. The standard InChI is InChI=1S/C28H30N8O2/c1-5-6-11-23-29-26-24(27(37)34(4)28(38)36(26)16-18(2)3)35(23)17-19-12-14-20(15-13-19)21-9-7-8-10-22(21)25-30-32-33-31-25/h6-15,18H,5,16-17H2,1-4H3,(H,30,31,32,33). The second kappa shape index (κ2) is 10.4. The lowest BCUT2D eigenvalue weighted by atomic mass is 9.98. The molecule has 0 amide bonds. The molecular weight excluding hydrogens is 480 g/mol. The van der Waals surface area contributed by atoms with Gasteiger partial charge in [0.05, 0.1) is 0 Å². The average Bonchev–Trinajstić information content (AvgIpc) is 3.58. The SMILES string of the molecule is CCC=Cc1nc2c(c(=O)n(C)c(=O)n2CC(C)C)n1Cc1ccc(-c2ccccc2-c2nnn[nH]2)cc1. The van der Waals surface area contributed by atoms with E-state index in [1.807, 2.05) is 86.0 Å². The molecular formula is C28H30N8O2. The van der Waals surface area contributed by atoms with Crippen LogP contribution in [0.15, 0.2) is 64.2 Å². The third kappa shape index (κ3) is 4.60. The maximum atomic E-state index is 13.3. The third-order valence-corrected chi connectivity index (χ3v) is 6.44. The number of hydrogen-bond donors (Lipinski definition) is 1. The van der Waals surface area contributed by atoms with Gasteiger partial charge in [-0.25, -0.2) is 14.9 Å². The van der Waals surface area contributed by atoms with E-state index in [9.17, 15) is 9.59 Å². The van der Waals surface area contributed by atoms with E-state index in [-0.39, 0.29) is 17.2 Å². The van der Waals surface area contributed by atoms with Crippen LogP contribution >= 0.6 is 0 Å². The van der Waals surface area contributed by atoms with E-state index in [0.717, 1.165) is 28.7 Å². The molecule has 0 aliphatic carbocycles. The molecule has 0 unspecified atom stereocenters. The number of fused-ring (bicyclic) bond motifs is 1. The fraction of sp³-hybridized carbons (Fsp3) is 0.286. The first kappa shape index (κ1) is 25.1. The highest BCUT2D eigenvalue weighted by Crippen LogP contribution is 2.30.